The molecule has 0 saturated heterocycles. The smallest absolute Gasteiger partial charge is 0.227 e. The fourth-order valence-electron chi connectivity index (χ4n) is 2.26. The predicted octanol–water partition coefficient (Wildman–Crippen LogP) is 4.71. The zero-order valence-corrected chi connectivity index (χ0v) is 14.8. The molecule has 0 radical (unpaired) electrons. The van der Waals surface area contributed by atoms with Crippen molar-refractivity contribution >= 4 is 38.9 Å². The summed E-state index contributed by atoms with van der Waals surface area (Å²) in [7, 11) is 0. The third-order valence-corrected chi connectivity index (χ3v) is 5.53. The molecule has 2 aromatic rings. The summed E-state index contributed by atoms with van der Waals surface area (Å²) in [6, 6.07) is 10.5. The SMILES string of the molecule is CC(NCc1cc(Br)cs1)c1ccc(NC(=O)C2CC2)cc1. The summed E-state index contributed by atoms with van der Waals surface area (Å²) in [4.78, 5) is 13.0. The maximum Gasteiger partial charge on any atom is 0.227 e. The molecule has 3 rings (SSSR count). The van der Waals surface area contributed by atoms with Gasteiger partial charge in [-0.15, -0.1) is 11.3 Å². The molecule has 116 valence electrons. The van der Waals surface area contributed by atoms with E-state index in [0.717, 1.165) is 29.5 Å². The molecule has 0 aliphatic heterocycles. The van der Waals surface area contributed by atoms with Crippen molar-refractivity contribution in [1.82, 2.24) is 5.32 Å². The van der Waals surface area contributed by atoms with Gasteiger partial charge in [-0.05, 0) is 59.5 Å². The fourth-order valence-corrected chi connectivity index (χ4v) is 3.66. The van der Waals surface area contributed by atoms with Gasteiger partial charge < -0.3 is 10.6 Å². The quantitative estimate of drug-likeness (QED) is 0.763. The number of anilines is 1. The summed E-state index contributed by atoms with van der Waals surface area (Å²) in [6.07, 6.45) is 2.06. The molecule has 1 aromatic carbocycles. The van der Waals surface area contributed by atoms with Gasteiger partial charge in [-0.25, -0.2) is 0 Å². The van der Waals surface area contributed by atoms with Crippen molar-refractivity contribution in [3.63, 3.8) is 0 Å². The molecule has 2 N–H and O–H groups in total. The number of amides is 1. The molecule has 3 nitrogen and oxygen atoms in total. The zero-order valence-electron chi connectivity index (χ0n) is 12.4. The standard InChI is InChI=1S/C17H19BrN2OS/c1-11(19-9-16-8-14(18)10-22-16)12-4-6-15(7-5-12)20-17(21)13-2-3-13/h4-8,10-11,13,19H,2-3,9H2,1H3,(H,20,21). The van der Waals surface area contributed by atoms with Crippen LogP contribution in [-0.4, -0.2) is 5.91 Å². The Morgan fingerprint density at radius 3 is 2.68 bits per heavy atom. The Balaban J connectivity index is 1.53. The van der Waals surface area contributed by atoms with Crippen LogP contribution in [0.5, 0.6) is 0 Å². The van der Waals surface area contributed by atoms with E-state index in [1.165, 1.54) is 10.4 Å². The van der Waals surface area contributed by atoms with Crippen LogP contribution in [0.25, 0.3) is 0 Å². The second-order valence-electron chi connectivity index (χ2n) is 5.72. The normalized spacial score (nSPS) is 15.5. The summed E-state index contributed by atoms with van der Waals surface area (Å²) in [5.74, 6) is 0.396. The first-order valence-corrected chi connectivity index (χ1v) is 9.16. The van der Waals surface area contributed by atoms with Gasteiger partial charge in [0.1, 0.15) is 0 Å². The van der Waals surface area contributed by atoms with Gasteiger partial charge in [-0.1, -0.05) is 12.1 Å². The molecule has 1 saturated carbocycles. The Hall–Kier alpha value is -1.17. The molecule has 1 amide bonds. The van der Waals surface area contributed by atoms with E-state index in [9.17, 15) is 4.79 Å². The second kappa shape index (κ2) is 6.94. The highest BCUT2D eigenvalue weighted by Gasteiger charge is 2.29. The van der Waals surface area contributed by atoms with Crippen molar-refractivity contribution in [3.05, 3.63) is 50.6 Å². The topological polar surface area (TPSA) is 41.1 Å². The number of rotatable bonds is 6. The number of carbonyl (C=O) groups excluding carboxylic acids is 1. The fraction of sp³-hybridized carbons (Fsp3) is 0.353. The number of benzene rings is 1. The van der Waals surface area contributed by atoms with E-state index < -0.39 is 0 Å². The molecule has 1 aliphatic rings. The van der Waals surface area contributed by atoms with Crippen LogP contribution in [0.4, 0.5) is 5.69 Å². The van der Waals surface area contributed by atoms with Gasteiger partial charge in [0.2, 0.25) is 5.91 Å². The first-order valence-electron chi connectivity index (χ1n) is 7.49. The minimum absolute atomic E-state index is 0.155. The van der Waals surface area contributed by atoms with Gasteiger partial charge in [0, 0.05) is 38.9 Å². The lowest BCUT2D eigenvalue weighted by Crippen LogP contribution is -2.17. The molecule has 1 unspecified atom stereocenters. The minimum Gasteiger partial charge on any atom is -0.326 e. The summed E-state index contributed by atoms with van der Waals surface area (Å²) >= 11 is 5.22. The summed E-state index contributed by atoms with van der Waals surface area (Å²) in [5.41, 5.74) is 2.11. The van der Waals surface area contributed by atoms with E-state index in [1.807, 2.05) is 12.1 Å². The van der Waals surface area contributed by atoms with Gasteiger partial charge in [0.15, 0.2) is 0 Å². The predicted molar refractivity (Wildman–Crippen MR) is 95.1 cm³/mol. The van der Waals surface area contributed by atoms with Crippen LogP contribution < -0.4 is 10.6 Å². The largest absolute Gasteiger partial charge is 0.326 e. The van der Waals surface area contributed by atoms with Crippen LogP contribution in [0.2, 0.25) is 0 Å². The number of nitrogens with one attached hydrogen (secondary N) is 2. The van der Waals surface area contributed by atoms with E-state index in [0.29, 0.717) is 0 Å². The molecule has 5 heteroatoms. The molecule has 1 heterocycles. The van der Waals surface area contributed by atoms with Crippen molar-refractivity contribution in [2.75, 3.05) is 5.32 Å². The molecule has 1 fully saturated rings. The van der Waals surface area contributed by atoms with Crippen LogP contribution >= 0.6 is 27.3 Å². The Kier molecular flexibility index (Phi) is 4.96. The second-order valence-corrected chi connectivity index (χ2v) is 7.63. The molecule has 0 bridgehead atoms. The highest BCUT2D eigenvalue weighted by molar-refractivity contribution is 9.10. The maximum absolute atomic E-state index is 11.7. The molecule has 1 aliphatic carbocycles. The van der Waals surface area contributed by atoms with Gasteiger partial charge in [-0.2, -0.15) is 0 Å². The monoisotopic (exact) mass is 378 g/mol. The molecular weight excluding hydrogens is 360 g/mol. The van der Waals surface area contributed by atoms with Crippen LogP contribution in [0.3, 0.4) is 0 Å². The maximum atomic E-state index is 11.7. The number of hydrogen-bond acceptors (Lipinski definition) is 3. The van der Waals surface area contributed by atoms with Gasteiger partial charge in [-0.3, -0.25) is 4.79 Å². The number of halogens is 1. The van der Waals surface area contributed by atoms with Crippen molar-refractivity contribution in [1.29, 1.82) is 0 Å². The summed E-state index contributed by atoms with van der Waals surface area (Å²) in [5, 5.41) is 8.58. The van der Waals surface area contributed by atoms with Gasteiger partial charge in [0.05, 0.1) is 0 Å². The van der Waals surface area contributed by atoms with Crippen LogP contribution in [0.1, 0.15) is 36.2 Å². The summed E-state index contributed by atoms with van der Waals surface area (Å²) < 4.78 is 1.14. The lowest BCUT2D eigenvalue weighted by atomic mass is 10.1. The zero-order chi connectivity index (χ0) is 15.5. The van der Waals surface area contributed by atoms with E-state index in [-0.39, 0.29) is 17.9 Å². The summed E-state index contributed by atoms with van der Waals surface area (Å²) in [6.45, 7) is 3.01. The van der Waals surface area contributed by atoms with E-state index in [1.54, 1.807) is 11.3 Å². The van der Waals surface area contributed by atoms with Crippen LogP contribution in [0, 0.1) is 5.92 Å². The Labute approximate surface area is 143 Å². The molecular formula is C17H19BrN2OS. The lowest BCUT2D eigenvalue weighted by Gasteiger charge is -2.14. The first kappa shape index (κ1) is 15.7. The Bertz CT molecular complexity index is 649. The molecule has 1 aromatic heterocycles. The van der Waals surface area contributed by atoms with E-state index >= 15 is 0 Å². The highest BCUT2D eigenvalue weighted by atomic mass is 79.9. The van der Waals surface area contributed by atoms with Crippen molar-refractivity contribution in [3.8, 4) is 0 Å². The number of carbonyl (C=O) groups is 1. The van der Waals surface area contributed by atoms with Crippen molar-refractivity contribution in [2.24, 2.45) is 5.92 Å². The van der Waals surface area contributed by atoms with Crippen molar-refractivity contribution in [2.45, 2.75) is 32.4 Å². The third kappa shape index (κ3) is 4.18. The molecule has 0 spiro atoms. The van der Waals surface area contributed by atoms with Crippen molar-refractivity contribution < 1.29 is 4.79 Å². The number of thiophene rings is 1. The van der Waals surface area contributed by atoms with E-state index in [2.05, 4.69) is 57.1 Å². The Morgan fingerprint density at radius 2 is 2.09 bits per heavy atom. The minimum atomic E-state index is 0.155. The van der Waals surface area contributed by atoms with Gasteiger partial charge in [0.25, 0.3) is 0 Å². The van der Waals surface area contributed by atoms with Gasteiger partial charge >= 0.3 is 0 Å². The average molecular weight is 379 g/mol. The first-order chi connectivity index (χ1) is 10.6. The van der Waals surface area contributed by atoms with Crippen LogP contribution in [-0.2, 0) is 11.3 Å². The molecule has 1 atom stereocenters. The lowest BCUT2D eigenvalue weighted by molar-refractivity contribution is -0.117. The average Bonchev–Trinajstić information content (AvgIpc) is 3.29. The molecule has 22 heavy (non-hydrogen) atoms. The third-order valence-electron chi connectivity index (χ3n) is 3.83. The number of hydrogen-bond donors (Lipinski definition) is 2. The van der Waals surface area contributed by atoms with Crippen LogP contribution in [0.15, 0.2) is 40.2 Å². The van der Waals surface area contributed by atoms with E-state index in [4.69, 9.17) is 0 Å². The Morgan fingerprint density at radius 1 is 1.36 bits per heavy atom. The highest BCUT2D eigenvalue weighted by Crippen LogP contribution is 2.30.